The van der Waals surface area contributed by atoms with Crippen LogP contribution in [0.15, 0.2) is 61.2 Å². The maximum Gasteiger partial charge on any atom is 0.410 e. The molecule has 0 saturated carbocycles. The lowest BCUT2D eigenvalue weighted by Crippen LogP contribution is -2.44. The van der Waals surface area contributed by atoms with Crippen molar-refractivity contribution in [3.63, 3.8) is 0 Å². The third-order valence-electron chi connectivity index (χ3n) is 18.9. The van der Waals surface area contributed by atoms with Gasteiger partial charge in [-0.3, -0.25) is 9.69 Å². The van der Waals surface area contributed by atoms with E-state index in [0.717, 1.165) is 120 Å². The fourth-order valence-electron chi connectivity index (χ4n) is 13.6. The molecule has 0 aliphatic carbocycles. The van der Waals surface area contributed by atoms with Crippen molar-refractivity contribution >= 4 is 95.0 Å². The van der Waals surface area contributed by atoms with Crippen molar-refractivity contribution in [2.24, 2.45) is 11.8 Å². The average Bonchev–Trinajstić information content (AvgIpc) is 1.64. The Balaban J connectivity index is 0.000000182. The lowest BCUT2D eigenvalue weighted by atomic mass is 9.91. The van der Waals surface area contributed by atoms with E-state index in [1.54, 1.807) is 34.1 Å². The van der Waals surface area contributed by atoms with Gasteiger partial charge in [0.25, 0.3) is 0 Å². The van der Waals surface area contributed by atoms with Crippen LogP contribution < -0.4 is 16.0 Å². The van der Waals surface area contributed by atoms with Crippen molar-refractivity contribution in [2.45, 2.75) is 187 Å². The predicted molar refractivity (Wildman–Crippen MR) is 377 cm³/mol. The van der Waals surface area contributed by atoms with Crippen LogP contribution >= 0.6 is 22.7 Å². The molecule has 2 atom stereocenters. The number of thiophene rings is 2. The largest absolute Gasteiger partial charge is 0.444 e. The summed E-state index contributed by atoms with van der Waals surface area (Å²) >= 11 is 2.13. The molecule has 2 unspecified atom stereocenters. The number of nitriles is 2. The highest BCUT2D eigenvalue weighted by molar-refractivity contribution is 7.19. The van der Waals surface area contributed by atoms with Crippen molar-refractivity contribution in [1.82, 2.24) is 49.1 Å². The van der Waals surface area contributed by atoms with Crippen LogP contribution in [0.25, 0.3) is 42.2 Å². The number of piperidine rings is 4. The molecule has 2 aromatic carbocycles. The standard InChI is InChI=1S/C36H44F3N7O3S.C23H29N3O4.C13H15F3N4S/c1-22-24(19-44-11-9-25(10-12-44)43-32-29-16-27(17-36(37,38)39)50-33(29)42-21-41-32)5-6-30-28(22)15-26(18-40)46(30)20-31(47)23-7-13-45(14-8-23)34(48)49-35(2,3)4;1-15-17(14-27)5-6-20-19(15)11-18(12-24)26(20)13-21(28)16-7-9-25(10-8-16)22(29)30-23(2,3)4;14-13(15,16)6-9-5-10-11(18-7-19-12(10)21-9)20-8-1-3-17-4-2-8/h5-6,15-16,21,23,25,31,47H,7-14,17,19-20H2,1-4H3,(H,41,42,43);5-6,11,14,16,21,28H,7-10,13H2,1-4H3;5,7-8,17H,1-4,6H2,(H,18,19,20). The Hall–Kier alpha value is -8.19. The van der Waals surface area contributed by atoms with Crippen LogP contribution in [0.1, 0.15) is 141 Å². The van der Waals surface area contributed by atoms with Gasteiger partial charge in [-0.05, 0) is 191 Å². The summed E-state index contributed by atoms with van der Waals surface area (Å²) in [4.78, 5) is 60.2. The quantitative estimate of drug-likeness (QED) is 0.0472. The van der Waals surface area contributed by atoms with Crippen LogP contribution in [0.4, 0.5) is 47.6 Å². The molecule has 12 rings (SSSR count). The molecule has 0 spiro atoms. The van der Waals surface area contributed by atoms with E-state index in [0.29, 0.717) is 120 Å². The van der Waals surface area contributed by atoms with E-state index in [2.05, 4.69) is 65.9 Å². The number of fused-ring (bicyclic) bond motifs is 4. The zero-order chi connectivity index (χ0) is 72.7. The van der Waals surface area contributed by atoms with Crippen molar-refractivity contribution in [3.05, 3.63) is 105 Å². The Morgan fingerprint density at radius 2 is 1.04 bits per heavy atom. The first-order chi connectivity index (χ1) is 47.8. The number of aryl methyl sites for hydroxylation is 2. The van der Waals surface area contributed by atoms with E-state index < -0.39 is 48.6 Å². The van der Waals surface area contributed by atoms with E-state index in [-0.39, 0.29) is 39.8 Å². The van der Waals surface area contributed by atoms with Gasteiger partial charge < -0.3 is 54.6 Å². The SMILES string of the molecule is Cc1c(C=O)ccc2c1cc(C#N)n2CC(O)C1CCN(C(=O)OC(C)(C)C)CC1.Cc1c(CN2CCC(Nc3ncnc4sc(CC(F)(F)F)cc34)CC2)ccc2c1cc(C#N)n2CC(O)C1CCN(C(=O)OC(C)(C)C)CC1.FC(F)(F)Cc1cc2c(NC3CCNCC3)ncnc2s1. The molecule has 101 heavy (non-hydrogen) atoms. The van der Waals surface area contributed by atoms with Gasteiger partial charge in [0, 0.05) is 95.0 Å². The minimum Gasteiger partial charge on any atom is -0.444 e. The summed E-state index contributed by atoms with van der Waals surface area (Å²) in [6, 6.07) is 19.5. The summed E-state index contributed by atoms with van der Waals surface area (Å²) in [6.45, 7) is 22.0. The van der Waals surface area contributed by atoms with Gasteiger partial charge >= 0.3 is 24.5 Å². The van der Waals surface area contributed by atoms with Crippen LogP contribution in [0, 0.1) is 48.3 Å². The maximum atomic E-state index is 13.0. The molecule has 4 fully saturated rings. The van der Waals surface area contributed by atoms with Crippen molar-refractivity contribution < 1.29 is 60.4 Å². The van der Waals surface area contributed by atoms with Gasteiger partial charge in [-0.1, -0.05) is 6.07 Å². The molecule has 5 N–H and O–H groups in total. The Morgan fingerprint density at radius 1 is 0.614 bits per heavy atom. The number of amides is 2. The second-order valence-electron chi connectivity index (χ2n) is 28.6. The minimum absolute atomic E-state index is 0.00735. The zero-order valence-corrected chi connectivity index (χ0v) is 59.7. The van der Waals surface area contributed by atoms with Gasteiger partial charge in [0.2, 0.25) is 0 Å². The molecule has 4 aliphatic rings. The molecule has 10 heterocycles. The second kappa shape index (κ2) is 32.0. The monoisotopic (exact) mass is 1440 g/mol. The number of halogens is 6. The lowest BCUT2D eigenvalue weighted by Gasteiger charge is -2.35. The van der Waals surface area contributed by atoms with Crippen LogP contribution in [-0.2, 0) is 41.9 Å². The fourth-order valence-corrected chi connectivity index (χ4v) is 15.6. The van der Waals surface area contributed by atoms with Gasteiger partial charge in [-0.2, -0.15) is 36.9 Å². The lowest BCUT2D eigenvalue weighted by molar-refractivity contribution is -0.127. The Labute approximate surface area is 590 Å². The first kappa shape index (κ1) is 75.5. The van der Waals surface area contributed by atoms with Crippen LogP contribution in [-0.4, -0.2) is 173 Å². The molecule has 21 nitrogen and oxygen atoms in total. The molecular formula is C72H88F6N14O7S2. The van der Waals surface area contributed by atoms with Crippen molar-refractivity contribution in [3.8, 4) is 12.1 Å². The van der Waals surface area contributed by atoms with Gasteiger partial charge in [0.15, 0.2) is 0 Å². The van der Waals surface area contributed by atoms with Crippen LogP contribution in [0.3, 0.4) is 0 Å². The maximum absolute atomic E-state index is 13.0. The fraction of sp³-hybridized carbons (Fsp3) is 0.542. The second-order valence-corrected chi connectivity index (χ2v) is 30.8. The summed E-state index contributed by atoms with van der Waals surface area (Å²) in [6.07, 6.45) is -2.34. The topological polar surface area (TPSA) is 265 Å². The molecular weight excluding hydrogens is 1350 g/mol. The average molecular weight is 1440 g/mol. The van der Waals surface area contributed by atoms with Crippen molar-refractivity contribution in [1.29, 1.82) is 10.5 Å². The number of carbonyl (C=O) groups is 3. The smallest absolute Gasteiger partial charge is 0.410 e. The highest BCUT2D eigenvalue weighted by atomic mass is 32.1. The number of nitrogens with zero attached hydrogens (tertiary/aromatic N) is 11. The summed E-state index contributed by atoms with van der Waals surface area (Å²) in [5, 5.41) is 54.9. The molecule has 6 aromatic heterocycles. The molecule has 4 saturated heterocycles. The normalized spacial score (nSPS) is 17.2. The third-order valence-corrected chi connectivity index (χ3v) is 21.0. The van der Waals surface area contributed by atoms with E-state index in [4.69, 9.17) is 9.47 Å². The van der Waals surface area contributed by atoms with E-state index in [9.17, 15) is 61.5 Å². The van der Waals surface area contributed by atoms with Gasteiger partial charge in [-0.25, -0.2) is 29.5 Å². The number of ether oxygens (including phenoxy) is 2. The number of hydrogen-bond acceptors (Lipinski definition) is 19. The molecule has 2 amide bonds. The predicted octanol–water partition coefficient (Wildman–Crippen LogP) is 13.6. The highest BCUT2D eigenvalue weighted by Crippen LogP contribution is 2.37. The number of carbonyl (C=O) groups excluding carboxylic acids is 3. The van der Waals surface area contributed by atoms with Gasteiger partial charge in [0.1, 0.15) is 75.0 Å². The number of aromatic nitrogens is 6. The molecule has 8 aromatic rings. The number of hydrogen-bond donors (Lipinski definition) is 5. The summed E-state index contributed by atoms with van der Waals surface area (Å²) in [5.41, 5.74) is 5.34. The summed E-state index contributed by atoms with van der Waals surface area (Å²) < 4.78 is 91.0. The number of benzene rings is 2. The van der Waals surface area contributed by atoms with E-state index >= 15 is 0 Å². The number of alkyl halides is 6. The number of rotatable bonds is 15. The molecule has 542 valence electrons. The number of nitrogens with one attached hydrogen (secondary N) is 3. The number of aliphatic hydroxyl groups is 2. The van der Waals surface area contributed by atoms with Crippen LogP contribution in [0.5, 0.6) is 0 Å². The first-order valence-corrected chi connectivity index (χ1v) is 35.8. The molecule has 0 bridgehead atoms. The highest BCUT2D eigenvalue weighted by Gasteiger charge is 2.35. The van der Waals surface area contributed by atoms with Gasteiger partial charge in [-0.15, -0.1) is 22.7 Å². The van der Waals surface area contributed by atoms with E-state index in [1.807, 2.05) is 75.8 Å². The van der Waals surface area contributed by atoms with Crippen LogP contribution in [0.2, 0.25) is 0 Å². The summed E-state index contributed by atoms with van der Waals surface area (Å²) in [5.74, 6) is 1.25. The number of aliphatic hydroxyl groups excluding tert-OH is 2. The third kappa shape index (κ3) is 19.7. The number of likely N-dealkylation sites (tertiary alicyclic amines) is 3. The zero-order valence-electron chi connectivity index (χ0n) is 58.1. The first-order valence-electron chi connectivity index (χ1n) is 34.2. The number of anilines is 2. The number of aldehydes is 1. The van der Waals surface area contributed by atoms with Crippen molar-refractivity contribution in [2.75, 3.05) is 63.0 Å². The Kier molecular flexibility index (Phi) is 23.9. The Bertz CT molecular complexity index is 4300. The Morgan fingerprint density at radius 3 is 1.46 bits per heavy atom. The summed E-state index contributed by atoms with van der Waals surface area (Å²) in [7, 11) is 0. The molecule has 4 aliphatic heterocycles. The minimum atomic E-state index is -4.27. The van der Waals surface area contributed by atoms with Gasteiger partial charge in [0.05, 0.1) is 48.9 Å². The molecule has 0 radical (unpaired) electrons. The molecule has 29 heteroatoms. The van der Waals surface area contributed by atoms with E-state index in [1.165, 1.54) is 18.2 Å².